The number of aryl methyl sites for hydroxylation is 2. The molecule has 0 fully saturated rings. The maximum absolute atomic E-state index is 5.92. The first-order chi connectivity index (χ1) is 9.54. The molecule has 0 atom stereocenters. The van der Waals surface area contributed by atoms with Gasteiger partial charge in [-0.1, -0.05) is 41.9 Å². The molecule has 2 heteroatoms. The van der Waals surface area contributed by atoms with Crippen LogP contribution in [0.3, 0.4) is 0 Å². The largest absolute Gasteiger partial charge is 0.457 e. The number of hydrogen-bond acceptors (Lipinski definition) is 1. The summed E-state index contributed by atoms with van der Waals surface area (Å²) >= 11 is 3.46. The zero-order valence-electron chi connectivity index (χ0n) is 12.3. The van der Waals surface area contributed by atoms with Crippen molar-refractivity contribution in [2.45, 2.75) is 33.6 Å². The fourth-order valence-corrected chi connectivity index (χ4v) is 2.51. The normalized spacial score (nSPS) is 10.8. The van der Waals surface area contributed by atoms with Gasteiger partial charge in [-0.3, -0.25) is 0 Å². The van der Waals surface area contributed by atoms with Gasteiger partial charge in [-0.15, -0.1) is 0 Å². The maximum Gasteiger partial charge on any atom is 0.130 e. The molecule has 0 saturated heterocycles. The Labute approximate surface area is 130 Å². The third kappa shape index (κ3) is 4.38. The van der Waals surface area contributed by atoms with Crippen LogP contribution in [-0.4, -0.2) is 0 Å². The van der Waals surface area contributed by atoms with Gasteiger partial charge in [-0.05, 0) is 67.1 Å². The predicted molar refractivity (Wildman–Crippen MR) is 88.6 cm³/mol. The summed E-state index contributed by atoms with van der Waals surface area (Å²) < 4.78 is 7.00. The lowest BCUT2D eigenvalue weighted by Crippen LogP contribution is -1.92. The van der Waals surface area contributed by atoms with Crippen LogP contribution in [0.25, 0.3) is 0 Å². The highest BCUT2D eigenvalue weighted by atomic mass is 79.9. The van der Waals surface area contributed by atoms with Crippen LogP contribution in [0, 0.1) is 12.8 Å². The molecule has 20 heavy (non-hydrogen) atoms. The minimum atomic E-state index is 0.747. The van der Waals surface area contributed by atoms with Crippen LogP contribution in [-0.2, 0) is 6.42 Å². The van der Waals surface area contributed by atoms with Crippen molar-refractivity contribution in [2.24, 2.45) is 5.92 Å². The molecule has 0 aliphatic carbocycles. The fourth-order valence-electron chi connectivity index (χ4n) is 2.03. The summed E-state index contributed by atoms with van der Waals surface area (Å²) in [5.74, 6) is 2.54. The monoisotopic (exact) mass is 332 g/mol. The van der Waals surface area contributed by atoms with Crippen LogP contribution < -0.4 is 4.74 Å². The molecule has 106 valence electrons. The van der Waals surface area contributed by atoms with Crippen LogP contribution in [0.5, 0.6) is 11.5 Å². The van der Waals surface area contributed by atoms with Gasteiger partial charge in [0.2, 0.25) is 0 Å². The second-order valence-electron chi connectivity index (χ2n) is 5.59. The molecule has 0 aliphatic heterocycles. The summed E-state index contributed by atoms with van der Waals surface area (Å²) in [6, 6.07) is 14.5. The zero-order valence-corrected chi connectivity index (χ0v) is 13.9. The molecule has 0 unspecified atom stereocenters. The third-order valence-electron chi connectivity index (χ3n) is 3.30. The van der Waals surface area contributed by atoms with E-state index in [0.717, 1.165) is 33.9 Å². The first kappa shape index (κ1) is 15.1. The summed E-state index contributed by atoms with van der Waals surface area (Å²) in [7, 11) is 0. The van der Waals surface area contributed by atoms with E-state index in [2.05, 4.69) is 67.0 Å². The maximum atomic E-state index is 5.92. The van der Waals surface area contributed by atoms with Crippen LogP contribution in [0.2, 0.25) is 0 Å². The average Bonchev–Trinajstić information content (AvgIpc) is 2.41. The molecule has 0 aromatic heterocycles. The van der Waals surface area contributed by atoms with Crippen LogP contribution in [0.1, 0.15) is 31.4 Å². The molecule has 0 amide bonds. The average molecular weight is 333 g/mol. The van der Waals surface area contributed by atoms with Gasteiger partial charge in [0.15, 0.2) is 0 Å². The lowest BCUT2D eigenvalue weighted by Gasteiger charge is -2.10. The van der Waals surface area contributed by atoms with Crippen LogP contribution in [0.15, 0.2) is 46.9 Å². The Hall–Kier alpha value is -1.28. The van der Waals surface area contributed by atoms with Crippen molar-refractivity contribution in [3.63, 3.8) is 0 Å². The quantitative estimate of drug-likeness (QED) is 0.639. The minimum absolute atomic E-state index is 0.747. The minimum Gasteiger partial charge on any atom is -0.457 e. The summed E-state index contributed by atoms with van der Waals surface area (Å²) in [4.78, 5) is 0. The summed E-state index contributed by atoms with van der Waals surface area (Å²) in [6.45, 7) is 6.57. The number of ether oxygens (including phenoxy) is 1. The van der Waals surface area contributed by atoms with Gasteiger partial charge in [0.1, 0.15) is 11.5 Å². The van der Waals surface area contributed by atoms with E-state index in [1.165, 1.54) is 12.0 Å². The van der Waals surface area contributed by atoms with Crippen LogP contribution >= 0.6 is 15.9 Å². The van der Waals surface area contributed by atoms with Crippen LogP contribution in [0.4, 0.5) is 0 Å². The Morgan fingerprint density at radius 3 is 2.35 bits per heavy atom. The lowest BCUT2D eigenvalue weighted by atomic mass is 10.0. The van der Waals surface area contributed by atoms with Gasteiger partial charge in [-0.25, -0.2) is 0 Å². The molecular formula is C18H21BrO. The number of halogens is 1. The molecule has 0 saturated carbocycles. The van der Waals surface area contributed by atoms with Crippen molar-refractivity contribution in [1.82, 2.24) is 0 Å². The number of benzene rings is 2. The van der Waals surface area contributed by atoms with E-state index in [-0.39, 0.29) is 0 Å². The van der Waals surface area contributed by atoms with Crippen molar-refractivity contribution in [3.05, 3.63) is 58.1 Å². The molecule has 0 N–H and O–H groups in total. The molecule has 0 bridgehead atoms. The summed E-state index contributed by atoms with van der Waals surface area (Å²) in [6.07, 6.45) is 2.36. The molecule has 2 aromatic rings. The molecule has 2 rings (SSSR count). The second-order valence-corrected chi connectivity index (χ2v) is 6.50. The Morgan fingerprint density at radius 2 is 1.75 bits per heavy atom. The van der Waals surface area contributed by atoms with Crippen molar-refractivity contribution in [2.75, 3.05) is 0 Å². The Bertz CT molecular complexity index is 558. The molecule has 0 radical (unpaired) electrons. The molecule has 1 nitrogen and oxygen atoms in total. The smallest absolute Gasteiger partial charge is 0.130 e. The highest BCUT2D eigenvalue weighted by molar-refractivity contribution is 9.10. The highest BCUT2D eigenvalue weighted by Gasteiger charge is 2.03. The fraction of sp³-hybridized carbons (Fsp3) is 0.333. The van der Waals surface area contributed by atoms with Gasteiger partial charge in [-0.2, -0.15) is 0 Å². The SMILES string of the molecule is Cc1cc(Br)ccc1Oc1ccc(CCC(C)C)cc1. The van der Waals surface area contributed by atoms with E-state index in [1.807, 2.05) is 12.1 Å². The van der Waals surface area contributed by atoms with Crippen molar-refractivity contribution in [1.29, 1.82) is 0 Å². The first-order valence-electron chi connectivity index (χ1n) is 7.07. The van der Waals surface area contributed by atoms with Gasteiger partial charge in [0, 0.05) is 4.47 Å². The summed E-state index contributed by atoms with van der Waals surface area (Å²) in [5, 5.41) is 0. The van der Waals surface area contributed by atoms with Crippen molar-refractivity contribution < 1.29 is 4.74 Å². The lowest BCUT2D eigenvalue weighted by molar-refractivity contribution is 0.478. The Kier molecular flexibility index (Phi) is 5.24. The Morgan fingerprint density at radius 1 is 1.05 bits per heavy atom. The van der Waals surface area contributed by atoms with Crippen molar-refractivity contribution >= 4 is 15.9 Å². The van der Waals surface area contributed by atoms with Crippen molar-refractivity contribution in [3.8, 4) is 11.5 Å². The van der Waals surface area contributed by atoms with E-state index in [1.54, 1.807) is 0 Å². The second kappa shape index (κ2) is 6.94. The number of rotatable bonds is 5. The molecular weight excluding hydrogens is 312 g/mol. The van der Waals surface area contributed by atoms with E-state index < -0.39 is 0 Å². The van der Waals surface area contributed by atoms with E-state index >= 15 is 0 Å². The van der Waals surface area contributed by atoms with Gasteiger partial charge in [0.25, 0.3) is 0 Å². The van der Waals surface area contributed by atoms with Gasteiger partial charge >= 0.3 is 0 Å². The first-order valence-corrected chi connectivity index (χ1v) is 7.87. The summed E-state index contributed by atoms with van der Waals surface area (Å²) in [5.41, 5.74) is 2.50. The predicted octanol–water partition coefficient (Wildman–Crippen LogP) is 6.14. The third-order valence-corrected chi connectivity index (χ3v) is 3.79. The molecule has 0 heterocycles. The molecule has 0 spiro atoms. The standard InChI is InChI=1S/C18H21BrO/c1-13(2)4-5-15-6-9-17(10-7-15)20-18-11-8-16(19)12-14(18)3/h6-13H,4-5H2,1-3H3. The zero-order chi connectivity index (χ0) is 14.5. The topological polar surface area (TPSA) is 9.23 Å². The van der Waals surface area contributed by atoms with Gasteiger partial charge in [0.05, 0.1) is 0 Å². The van der Waals surface area contributed by atoms with E-state index in [0.29, 0.717) is 0 Å². The number of hydrogen-bond donors (Lipinski definition) is 0. The van der Waals surface area contributed by atoms with E-state index in [9.17, 15) is 0 Å². The van der Waals surface area contributed by atoms with Gasteiger partial charge < -0.3 is 4.74 Å². The molecule has 2 aromatic carbocycles. The van der Waals surface area contributed by atoms with E-state index in [4.69, 9.17) is 4.74 Å². The highest BCUT2D eigenvalue weighted by Crippen LogP contribution is 2.27. The molecule has 0 aliphatic rings. The Balaban J connectivity index is 2.03.